The monoisotopic (exact) mass is 354 g/mol. The first-order chi connectivity index (χ1) is 8.54. The Bertz CT molecular complexity index is 582. The summed E-state index contributed by atoms with van der Waals surface area (Å²) >= 11 is 2.21. The summed E-state index contributed by atoms with van der Waals surface area (Å²) < 4.78 is 6.70. The molecule has 0 unspecified atom stereocenters. The van der Waals surface area contributed by atoms with Gasteiger partial charge in [0.1, 0.15) is 5.75 Å². The van der Waals surface area contributed by atoms with Crippen LogP contribution in [0.5, 0.6) is 11.6 Å². The molecule has 1 amide bonds. The van der Waals surface area contributed by atoms with Crippen molar-refractivity contribution < 1.29 is 9.53 Å². The third kappa shape index (κ3) is 3.19. The predicted molar refractivity (Wildman–Crippen MR) is 76.7 cm³/mol. The van der Waals surface area contributed by atoms with Gasteiger partial charge < -0.3 is 10.5 Å². The van der Waals surface area contributed by atoms with Crippen molar-refractivity contribution in [3.05, 3.63) is 51.2 Å². The van der Waals surface area contributed by atoms with Crippen molar-refractivity contribution in [3.8, 4) is 11.6 Å². The van der Waals surface area contributed by atoms with Gasteiger partial charge in [-0.15, -0.1) is 0 Å². The summed E-state index contributed by atoms with van der Waals surface area (Å²) in [5.74, 6) is 0.543. The summed E-state index contributed by atoms with van der Waals surface area (Å²) in [6.07, 6.45) is 0. The van der Waals surface area contributed by atoms with Crippen molar-refractivity contribution in [2.75, 3.05) is 0 Å². The summed E-state index contributed by atoms with van der Waals surface area (Å²) in [6, 6.07) is 10.7. The van der Waals surface area contributed by atoms with Crippen LogP contribution in [0.25, 0.3) is 0 Å². The van der Waals surface area contributed by atoms with Crippen LogP contribution in [0.4, 0.5) is 0 Å². The molecule has 0 spiro atoms. The SMILES string of the molecule is Cc1cc(C(N)=O)cc(Oc2ccc(I)cc2)n1. The molecule has 0 saturated heterocycles. The molecule has 2 rings (SSSR count). The highest BCUT2D eigenvalue weighted by atomic mass is 127. The van der Waals surface area contributed by atoms with Crippen LogP contribution in [0, 0.1) is 10.5 Å². The van der Waals surface area contributed by atoms with Crippen molar-refractivity contribution in [1.29, 1.82) is 0 Å². The fourth-order valence-corrected chi connectivity index (χ4v) is 1.82. The molecule has 18 heavy (non-hydrogen) atoms. The first-order valence-electron chi connectivity index (χ1n) is 5.26. The van der Waals surface area contributed by atoms with Crippen molar-refractivity contribution in [1.82, 2.24) is 4.98 Å². The maximum Gasteiger partial charge on any atom is 0.248 e. The Morgan fingerprint density at radius 2 is 1.94 bits per heavy atom. The average Bonchev–Trinajstić information content (AvgIpc) is 2.31. The van der Waals surface area contributed by atoms with Crippen LogP contribution in [0.2, 0.25) is 0 Å². The Morgan fingerprint density at radius 3 is 2.56 bits per heavy atom. The first-order valence-corrected chi connectivity index (χ1v) is 6.34. The zero-order valence-corrected chi connectivity index (χ0v) is 11.8. The Kier molecular flexibility index (Phi) is 3.81. The molecule has 0 radical (unpaired) electrons. The number of hydrogen-bond acceptors (Lipinski definition) is 3. The van der Waals surface area contributed by atoms with Gasteiger partial charge in [0.25, 0.3) is 0 Å². The summed E-state index contributed by atoms with van der Waals surface area (Å²) in [4.78, 5) is 15.3. The Hall–Kier alpha value is -1.63. The molecule has 0 aliphatic rings. The number of halogens is 1. The standard InChI is InChI=1S/C13H11IN2O2/c1-8-6-9(13(15)17)7-12(16-8)18-11-4-2-10(14)3-5-11/h2-7H,1H3,(H2,15,17). The lowest BCUT2D eigenvalue weighted by Gasteiger charge is -2.07. The number of hydrogen-bond donors (Lipinski definition) is 1. The van der Waals surface area contributed by atoms with Crippen molar-refractivity contribution >= 4 is 28.5 Å². The number of pyridine rings is 1. The minimum atomic E-state index is -0.493. The molecule has 1 aromatic heterocycles. The highest BCUT2D eigenvalue weighted by molar-refractivity contribution is 14.1. The van der Waals surface area contributed by atoms with Gasteiger partial charge >= 0.3 is 0 Å². The summed E-state index contributed by atoms with van der Waals surface area (Å²) in [7, 11) is 0. The van der Waals surface area contributed by atoms with E-state index in [0.717, 1.165) is 3.57 Å². The zero-order valence-electron chi connectivity index (χ0n) is 9.68. The molecule has 5 heteroatoms. The maximum atomic E-state index is 11.1. The van der Waals surface area contributed by atoms with Crippen LogP contribution >= 0.6 is 22.6 Å². The molecule has 1 heterocycles. The molecule has 0 aliphatic carbocycles. The predicted octanol–water partition coefficient (Wildman–Crippen LogP) is 2.89. The Morgan fingerprint density at radius 1 is 1.28 bits per heavy atom. The van der Waals surface area contributed by atoms with Gasteiger partial charge in [-0.25, -0.2) is 4.98 Å². The van der Waals surface area contributed by atoms with Crippen LogP contribution < -0.4 is 10.5 Å². The van der Waals surface area contributed by atoms with E-state index < -0.39 is 5.91 Å². The number of carbonyl (C=O) groups is 1. The fraction of sp³-hybridized carbons (Fsp3) is 0.0769. The lowest BCUT2D eigenvalue weighted by Crippen LogP contribution is -2.11. The molecular formula is C13H11IN2O2. The molecule has 0 fully saturated rings. The number of aromatic nitrogens is 1. The molecule has 4 nitrogen and oxygen atoms in total. The number of nitrogens with zero attached hydrogens (tertiary/aromatic N) is 1. The zero-order chi connectivity index (χ0) is 13.1. The lowest BCUT2D eigenvalue weighted by atomic mass is 10.2. The second-order valence-corrected chi connectivity index (χ2v) is 5.00. The number of aryl methyl sites for hydroxylation is 1. The minimum absolute atomic E-state index is 0.366. The van der Waals surface area contributed by atoms with Crippen molar-refractivity contribution in [2.45, 2.75) is 6.92 Å². The lowest BCUT2D eigenvalue weighted by molar-refractivity contribution is 0.0999. The first kappa shape index (κ1) is 12.8. The van der Waals surface area contributed by atoms with E-state index in [2.05, 4.69) is 27.6 Å². The number of rotatable bonds is 3. The molecule has 1 aromatic carbocycles. The van der Waals surface area contributed by atoms with Crippen LogP contribution in [-0.4, -0.2) is 10.9 Å². The molecule has 92 valence electrons. The quantitative estimate of drug-likeness (QED) is 0.862. The van der Waals surface area contributed by atoms with Gasteiger partial charge in [0.15, 0.2) is 0 Å². The second kappa shape index (κ2) is 5.34. The number of nitrogens with two attached hydrogens (primary N) is 1. The van der Waals surface area contributed by atoms with E-state index in [1.807, 2.05) is 24.3 Å². The van der Waals surface area contributed by atoms with Crippen molar-refractivity contribution in [2.24, 2.45) is 5.73 Å². The third-order valence-corrected chi connectivity index (χ3v) is 2.97. The number of amides is 1. The topological polar surface area (TPSA) is 65.2 Å². The molecule has 0 atom stereocenters. The van der Waals surface area contributed by atoms with Crippen LogP contribution in [-0.2, 0) is 0 Å². The second-order valence-electron chi connectivity index (χ2n) is 3.76. The van der Waals surface area contributed by atoms with E-state index in [4.69, 9.17) is 10.5 Å². The number of primary amides is 1. The molecule has 2 aromatic rings. The van der Waals surface area contributed by atoms with Crippen LogP contribution in [0.15, 0.2) is 36.4 Å². The van der Waals surface area contributed by atoms with E-state index in [-0.39, 0.29) is 0 Å². The van der Waals surface area contributed by atoms with E-state index in [1.54, 1.807) is 13.0 Å². The maximum absolute atomic E-state index is 11.1. The number of carbonyl (C=O) groups excluding carboxylic acids is 1. The normalized spacial score (nSPS) is 10.1. The Balaban J connectivity index is 2.28. The molecular weight excluding hydrogens is 343 g/mol. The Labute approximate surface area is 118 Å². The molecule has 0 saturated carbocycles. The van der Waals surface area contributed by atoms with Gasteiger partial charge in [0.05, 0.1) is 0 Å². The van der Waals surface area contributed by atoms with Gasteiger partial charge in [-0.3, -0.25) is 4.79 Å². The smallest absolute Gasteiger partial charge is 0.248 e. The fourth-order valence-electron chi connectivity index (χ4n) is 1.46. The molecule has 0 aliphatic heterocycles. The van der Waals surface area contributed by atoms with Gasteiger partial charge in [-0.1, -0.05) is 0 Å². The number of benzene rings is 1. The largest absolute Gasteiger partial charge is 0.439 e. The molecule has 0 bridgehead atoms. The highest BCUT2D eigenvalue weighted by Crippen LogP contribution is 2.21. The summed E-state index contributed by atoms with van der Waals surface area (Å²) in [5, 5.41) is 0. The van der Waals surface area contributed by atoms with Crippen LogP contribution in [0.1, 0.15) is 16.1 Å². The van der Waals surface area contributed by atoms with E-state index in [9.17, 15) is 4.79 Å². The summed E-state index contributed by atoms with van der Waals surface area (Å²) in [5.41, 5.74) is 6.32. The van der Waals surface area contributed by atoms with Gasteiger partial charge in [-0.05, 0) is 59.8 Å². The van der Waals surface area contributed by atoms with Gasteiger partial charge in [0, 0.05) is 20.9 Å². The molecule has 2 N–H and O–H groups in total. The van der Waals surface area contributed by atoms with Crippen LogP contribution in [0.3, 0.4) is 0 Å². The van der Waals surface area contributed by atoms with Gasteiger partial charge in [0.2, 0.25) is 11.8 Å². The van der Waals surface area contributed by atoms with E-state index >= 15 is 0 Å². The summed E-state index contributed by atoms with van der Waals surface area (Å²) in [6.45, 7) is 1.78. The van der Waals surface area contributed by atoms with E-state index in [0.29, 0.717) is 22.9 Å². The minimum Gasteiger partial charge on any atom is -0.439 e. The number of ether oxygens (including phenoxy) is 1. The highest BCUT2D eigenvalue weighted by Gasteiger charge is 2.06. The average molecular weight is 354 g/mol. The van der Waals surface area contributed by atoms with E-state index in [1.165, 1.54) is 6.07 Å². The van der Waals surface area contributed by atoms with Gasteiger partial charge in [-0.2, -0.15) is 0 Å². The third-order valence-electron chi connectivity index (χ3n) is 2.25. The van der Waals surface area contributed by atoms with Crippen molar-refractivity contribution in [3.63, 3.8) is 0 Å².